The lowest BCUT2D eigenvalue weighted by molar-refractivity contribution is 1.24. The molecule has 1 rings (SSSR count). The van der Waals surface area contributed by atoms with Crippen LogP contribution in [0.1, 0.15) is 24.4 Å². The van der Waals surface area contributed by atoms with E-state index < -0.39 is 0 Å². The summed E-state index contributed by atoms with van der Waals surface area (Å²) in [6.45, 7) is 7.98. The molecule has 0 spiro atoms. The summed E-state index contributed by atoms with van der Waals surface area (Å²) >= 11 is 1.54. The van der Waals surface area contributed by atoms with Crippen LogP contribution in [0.25, 0.3) is 0 Å². The highest BCUT2D eigenvalue weighted by molar-refractivity contribution is 7.15. The quantitative estimate of drug-likeness (QED) is 0.629. The standard InChI is InChI=1S/C5H8N2S.C2H6/c1-3-4(2)8-5(6)7-3;1-2/h1-2H3,(H2,6,7);1-2H3. The number of rotatable bonds is 0. The number of aryl methyl sites for hydroxylation is 2. The third-order valence-electron chi connectivity index (χ3n) is 1.05. The van der Waals surface area contributed by atoms with Crippen LogP contribution < -0.4 is 5.73 Å². The molecule has 0 radical (unpaired) electrons. The van der Waals surface area contributed by atoms with Crippen LogP contribution in [0.15, 0.2) is 0 Å². The molecule has 1 aromatic rings. The van der Waals surface area contributed by atoms with Crippen LogP contribution in [0.2, 0.25) is 0 Å². The molecule has 2 N–H and O–H groups in total. The van der Waals surface area contributed by atoms with Crippen molar-refractivity contribution in [2.75, 3.05) is 5.73 Å². The number of nitrogens with two attached hydrogens (primary N) is 1. The Morgan fingerprint density at radius 1 is 1.30 bits per heavy atom. The molecule has 2 nitrogen and oxygen atoms in total. The van der Waals surface area contributed by atoms with Gasteiger partial charge in [0.25, 0.3) is 0 Å². The van der Waals surface area contributed by atoms with Gasteiger partial charge in [-0.2, -0.15) is 0 Å². The fourth-order valence-corrected chi connectivity index (χ4v) is 1.19. The van der Waals surface area contributed by atoms with Crippen molar-refractivity contribution >= 4 is 16.5 Å². The topological polar surface area (TPSA) is 38.9 Å². The van der Waals surface area contributed by atoms with Crippen molar-refractivity contribution in [1.29, 1.82) is 0 Å². The van der Waals surface area contributed by atoms with Crippen molar-refractivity contribution in [2.45, 2.75) is 27.7 Å². The molecular weight excluding hydrogens is 144 g/mol. The zero-order valence-electron chi connectivity index (χ0n) is 6.93. The summed E-state index contributed by atoms with van der Waals surface area (Å²) in [5, 5.41) is 0.667. The van der Waals surface area contributed by atoms with Crippen LogP contribution in [0.3, 0.4) is 0 Å². The van der Waals surface area contributed by atoms with Gasteiger partial charge in [-0.15, -0.1) is 11.3 Å². The lowest BCUT2D eigenvalue weighted by atomic mass is 10.4. The molecule has 3 heteroatoms. The average molecular weight is 158 g/mol. The molecule has 1 aromatic heterocycles. The molecule has 0 saturated heterocycles. The van der Waals surface area contributed by atoms with Gasteiger partial charge in [-0.1, -0.05) is 13.8 Å². The third kappa shape index (κ3) is 2.35. The largest absolute Gasteiger partial charge is 0.375 e. The number of nitrogens with zero attached hydrogens (tertiary/aromatic N) is 1. The van der Waals surface area contributed by atoms with E-state index in [1.54, 1.807) is 0 Å². The Hall–Kier alpha value is -0.570. The second-order valence-corrected chi connectivity index (χ2v) is 2.93. The van der Waals surface area contributed by atoms with E-state index in [1.807, 2.05) is 27.7 Å². The smallest absolute Gasteiger partial charge is 0.180 e. The molecule has 0 aliphatic heterocycles. The van der Waals surface area contributed by atoms with Crippen molar-refractivity contribution in [3.8, 4) is 0 Å². The number of hydrogen-bond donors (Lipinski definition) is 1. The predicted molar refractivity (Wildman–Crippen MR) is 47.3 cm³/mol. The van der Waals surface area contributed by atoms with Gasteiger partial charge in [-0.3, -0.25) is 0 Å². The highest BCUT2D eigenvalue weighted by atomic mass is 32.1. The minimum absolute atomic E-state index is 0.667. The van der Waals surface area contributed by atoms with Crippen molar-refractivity contribution < 1.29 is 0 Å². The summed E-state index contributed by atoms with van der Waals surface area (Å²) in [6, 6.07) is 0. The number of anilines is 1. The van der Waals surface area contributed by atoms with E-state index in [9.17, 15) is 0 Å². The maximum Gasteiger partial charge on any atom is 0.180 e. The van der Waals surface area contributed by atoms with Crippen molar-refractivity contribution in [1.82, 2.24) is 4.98 Å². The summed E-state index contributed by atoms with van der Waals surface area (Å²) in [6.07, 6.45) is 0. The summed E-state index contributed by atoms with van der Waals surface area (Å²) in [7, 11) is 0. The molecule has 0 fully saturated rings. The van der Waals surface area contributed by atoms with E-state index in [4.69, 9.17) is 5.73 Å². The number of nitrogen functional groups attached to an aromatic ring is 1. The zero-order valence-corrected chi connectivity index (χ0v) is 7.75. The molecule has 0 aromatic carbocycles. The molecular formula is C7H14N2S. The molecule has 58 valence electrons. The third-order valence-corrected chi connectivity index (χ3v) is 1.95. The van der Waals surface area contributed by atoms with Gasteiger partial charge in [0, 0.05) is 4.88 Å². The van der Waals surface area contributed by atoms with Crippen molar-refractivity contribution in [3.05, 3.63) is 10.6 Å². The Labute approximate surface area is 66.1 Å². The molecule has 1 heterocycles. The molecule has 0 atom stereocenters. The van der Waals surface area contributed by atoms with E-state index in [0.717, 1.165) is 5.69 Å². The maximum absolute atomic E-state index is 5.39. The Morgan fingerprint density at radius 3 is 1.90 bits per heavy atom. The van der Waals surface area contributed by atoms with Crippen LogP contribution in [-0.4, -0.2) is 4.98 Å². The van der Waals surface area contributed by atoms with Crippen LogP contribution in [0, 0.1) is 13.8 Å². The first-order valence-electron chi connectivity index (χ1n) is 3.39. The Balaban J connectivity index is 0.000000371. The van der Waals surface area contributed by atoms with Gasteiger partial charge in [0.15, 0.2) is 5.13 Å². The van der Waals surface area contributed by atoms with Gasteiger partial charge >= 0.3 is 0 Å². The van der Waals surface area contributed by atoms with E-state index in [2.05, 4.69) is 4.98 Å². The van der Waals surface area contributed by atoms with Gasteiger partial charge in [0.05, 0.1) is 5.69 Å². The minimum atomic E-state index is 0.667. The van der Waals surface area contributed by atoms with Crippen molar-refractivity contribution in [2.24, 2.45) is 0 Å². The van der Waals surface area contributed by atoms with E-state index in [0.29, 0.717) is 5.13 Å². The number of aromatic nitrogens is 1. The SMILES string of the molecule is CC.Cc1nc(N)sc1C. The molecule has 0 aliphatic carbocycles. The first-order chi connectivity index (χ1) is 4.70. The monoisotopic (exact) mass is 158 g/mol. The lowest BCUT2D eigenvalue weighted by Crippen LogP contribution is -1.80. The van der Waals surface area contributed by atoms with Gasteiger partial charge in [0.2, 0.25) is 0 Å². The van der Waals surface area contributed by atoms with E-state index in [-0.39, 0.29) is 0 Å². The summed E-state index contributed by atoms with van der Waals surface area (Å²) in [4.78, 5) is 5.22. The average Bonchev–Trinajstić information content (AvgIpc) is 2.16. The second-order valence-electron chi connectivity index (χ2n) is 1.69. The summed E-state index contributed by atoms with van der Waals surface area (Å²) in [5.41, 5.74) is 6.44. The fourth-order valence-electron chi connectivity index (χ4n) is 0.498. The second kappa shape index (κ2) is 4.28. The molecule has 0 aliphatic rings. The first-order valence-corrected chi connectivity index (χ1v) is 4.21. The van der Waals surface area contributed by atoms with Gasteiger partial charge in [0.1, 0.15) is 0 Å². The van der Waals surface area contributed by atoms with Crippen LogP contribution in [-0.2, 0) is 0 Å². The highest BCUT2D eigenvalue weighted by Gasteiger charge is 1.96. The normalized spacial score (nSPS) is 8.40. The van der Waals surface area contributed by atoms with Gasteiger partial charge in [-0.25, -0.2) is 4.98 Å². The zero-order chi connectivity index (χ0) is 8.15. The van der Waals surface area contributed by atoms with E-state index in [1.165, 1.54) is 16.2 Å². The van der Waals surface area contributed by atoms with E-state index >= 15 is 0 Å². The lowest BCUT2D eigenvalue weighted by Gasteiger charge is -1.77. The minimum Gasteiger partial charge on any atom is -0.375 e. The maximum atomic E-state index is 5.39. The summed E-state index contributed by atoms with van der Waals surface area (Å²) < 4.78 is 0. The summed E-state index contributed by atoms with van der Waals surface area (Å²) in [5.74, 6) is 0. The van der Waals surface area contributed by atoms with Gasteiger partial charge in [-0.05, 0) is 13.8 Å². The Kier molecular flexibility index (Phi) is 4.03. The van der Waals surface area contributed by atoms with Crippen molar-refractivity contribution in [3.63, 3.8) is 0 Å². The molecule has 0 unspecified atom stereocenters. The fraction of sp³-hybridized carbons (Fsp3) is 0.571. The Bertz CT molecular complexity index is 174. The first kappa shape index (κ1) is 9.43. The van der Waals surface area contributed by atoms with Crippen LogP contribution >= 0.6 is 11.3 Å². The molecule has 0 amide bonds. The molecule has 0 bridgehead atoms. The van der Waals surface area contributed by atoms with Crippen LogP contribution in [0.5, 0.6) is 0 Å². The Morgan fingerprint density at radius 2 is 1.80 bits per heavy atom. The van der Waals surface area contributed by atoms with Gasteiger partial charge < -0.3 is 5.73 Å². The highest BCUT2D eigenvalue weighted by Crippen LogP contribution is 2.16. The molecule has 10 heavy (non-hydrogen) atoms. The predicted octanol–water partition coefficient (Wildman–Crippen LogP) is 2.37. The number of thiazole rings is 1. The molecule has 0 saturated carbocycles. The van der Waals surface area contributed by atoms with Crippen LogP contribution in [0.4, 0.5) is 5.13 Å². The number of hydrogen-bond acceptors (Lipinski definition) is 3.